The molecule has 0 bridgehead atoms. The van der Waals surface area contributed by atoms with Crippen LogP contribution in [0.3, 0.4) is 0 Å². The fourth-order valence-corrected chi connectivity index (χ4v) is 2.19. The van der Waals surface area contributed by atoms with Crippen LogP contribution in [0.1, 0.15) is 0 Å². The highest BCUT2D eigenvalue weighted by Crippen LogP contribution is 2.23. The minimum absolute atomic E-state index is 0.131. The van der Waals surface area contributed by atoms with E-state index in [1.165, 1.54) is 0 Å². The second kappa shape index (κ2) is 5.80. The lowest BCUT2D eigenvalue weighted by Crippen LogP contribution is -2.20. The average Bonchev–Trinajstić information content (AvgIpc) is 2.54. The molecule has 1 heterocycles. The topological polar surface area (TPSA) is 108 Å². The lowest BCUT2D eigenvalue weighted by atomic mass is 10.2. The van der Waals surface area contributed by atoms with E-state index in [0.717, 1.165) is 5.69 Å². The highest BCUT2D eigenvalue weighted by molar-refractivity contribution is 5.89. The number of nitrogens with two attached hydrogens (primary N) is 1. The van der Waals surface area contributed by atoms with Crippen molar-refractivity contribution in [1.82, 2.24) is 4.98 Å². The molecule has 0 radical (unpaired) electrons. The highest BCUT2D eigenvalue weighted by Gasteiger charge is 2.11. The molecular formula is C16H15N5O2. The number of nitrogens with one attached hydrogen (secondary N) is 2. The lowest BCUT2D eigenvalue weighted by Gasteiger charge is -2.17. The van der Waals surface area contributed by atoms with Crippen molar-refractivity contribution in [3.63, 3.8) is 0 Å². The Morgan fingerprint density at radius 3 is 2.61 bits per heavy atom. The molecule has 116 valence electrons. The van der Waals surface area contributed by atoms with Crippen molar-refractivity contribution in [1.29, 1.82) is 5.41 Å². The van der Waals surface area contributed by atoms with Gasteiger partial charge in [0, 0.05) is 18.4 Å². The summed E-state index contributed by atoms with van der Waals surface area (Å²) >= 11 is 0. The van der Waals surface area contributed by atoms with Crippen LogP contribution in [0.15, 0.2) is 57.7 Å². The summed E-state index contributed by atoms with van der Waals surface area (Å²) in [6, 6.07) is 14.4. The number of aromatic nitrogens is 1. The van der Waals surface area contributed by atoms with E-state index in [4.69, 9.17) is 15.6 Å². The molecule has 7 heteroatoms. The monoisotopic (exact) mass is 309 g/mol. The number of anilines is 3. The largest absolute Gasteiger partial charge is 0.388 e. The van der Waals surface area contributed by atoms with Crippen LogP contribution in [0.5, 0.6) is 0 Å². The first kappa shape index (κ1) is 14.6. The van der Waals surface area contributed by atoms with Gasteiger partial charge in [0.05, 0.1) is 10.9 Å². The fourth-order valence-electron chi connectivity index (χ4n) is 2.19. The highest BCUT2D eigenvalue weighted by atomic mass is 16.4. The molecule has 1 aromatic heterocycles. The normalized spacial score (nSPS) is 10.5. The number of guanidine groups is 1. The summed E-state index contributed by atoms with van der Waals surface area (Å²) in [5, 5.41) is 10.3. The van der Waals surface area contributed by atoms with Gasteiger partial charge in [-0.25, -0.2) is 4.79 Å². The van der Waals surface area contributed by atoms with E-state index in [9.17, 15) is 4.79 Å². The predicted molar refractivity (Wildman–Crippen MR) is 90.3 cm³/mol. The van der Waals surface area contributed by atoms with Crippen LogP contribution < -0.4 is 21.6 Å². The zero-order valence-electron chi connectivity index (χ0n) is 12.4. The van der Waals surface area contributed by atoms with Gasteiger partial charge in [-0.05, 0) is 36.4 Å². The molecule has 3 rings (SSSR count). The van der Waals surface area contributed by atoms with Crippen LogP contribution in [-0.2, 0) is 0 Å². The van der Waals surface area contributed by atoms with Crippen LogP contribution in [-0.4, -0.2) is 18.0 Å². The third kappa shape index (κ3) is 2.98. The van der Waals surface area contributed by atoms with Crippen molar-refractivity contribution in [2.75, 3.05) is 17.3 Å². The van der Waals surface area contributed by atoms with E-state index in [0.29, 0.717) is 16.6 Å². The quantitative estimate of drug-likeness (QED) is 0.506. The van der Waals surface area contributed by atoms with Crippen molar-refractivity contribution in [2.45, 2.75) is 0 Å². The average molecular weight is 309 g/mol. The molecule has 0 aliphatic rings. The SMILES string of the molecule is CN(c1ccc(NC(=N)N)cc1)c1nc2ccccc2c(=O)o1. The molecule has 0 unspecified atom stereocenters. The Morgan fingerprint density at radius 1 is 1.22 bits per heavy atom. The molecular weight excluding hydrogens is 294 g/mol. The number of nitrogens with zero attached hydrogens (tertiary/aromatic N) is 2. The third-order valence-electron chi connectivity index (χ3n) is 3.34. The first-order valence-electron chi connectivity index (χ1n) is 6.89. The molecule has 0 atom stereocenters. The van der Waals surface area contributed by atoms with Crippen LogP contribution >= 0.6 is 0 Å². The molecule has 4 N–H and O–H groups in total. The first-order chi connectivity index (χ1) is 11.0. The second-order valence-corrected chi connectivity index (χ2v) is 4.95. The zero-order valence-corrected chi connectivity index (χ0v) is 12.4. The van der Waals surface area contributed by atoms with E-state index in [1.54, 1.807) is 42.3 Å². The van der Waals surface area contributed by atoms with Crippen molar-refractivity contribution in [2.24, 2.45) is 5.73 Å². The van der Waals surface area contributed by atoms with E-state index in [-0.39, 0.29) is 12.0 Å². The van der Waals surface area contributed by atoms with Gasteiger partial charge in [-0.3, -0.25) is 10.3 Å². The minimum atomic E-state index is -0.424. The Hall–Kier alpha value is -3.35. The molecule has 2 aromatic carbocycles. The van der Waals surface area contributed by atoms with Gasteiger partial charge in [0.15, 0.2) is 5.96 Å². The van der Waals surface area contributed by atoms with Crippen LogP contribution in [0.25, 0.3) is 10.9 Å². The molecule has 0 fully saturated rings. The van der Waals surface area contributed by atoms with E-state index >= 15 is 0 Å². The Bertz CT molecular complexity index is 918. The van der Waals surface area contributed by atoms with Gasteiger partial charge < -0.3 is 15.5 Å². The van der Waals surface area contributed by atoms with Crippen molar-refractivity contribution >= 4 is 34.3 Å². The summed E-state index contributed by atoms with van der Waals surface area (Å²) < 4.78 is 5.29. The second-order valence-electron chi connectivity index (χ2n) is 4.95. The number of para-hydroxylation sites is 1. The number of hydrogen-bond acceptors (Lipinski definition) is 5. The third-order valence-corrected chi connectivity index (χ3v) is 3.34. The van der Waals surface area contributed by atoms with Crippen LogP contribution in [0.2, 0.25) is 0 Å². The summed E-state index contributed by atoms with van der Waals surface area (Å²) in [4.78, 5) is 18.1. The summed E-state index contributed by atoms with van der Waals surface area (Å²) in [6.45, 7) is 0. The summed E-state index contributed by atoms with van der Waals surface area (Å²) in [5.74, 6) is -0.131. The van der Waals surface area contributed by atoms with Gasteiger partial charge in [-0.1, -0.05) is 12.1 Å². The first-order valence-corrected chi connectivity index (χ1v) is 6.89. The predicted octanol–water partition coefficient (Wildman–Crippen LogP) is 2.26. The fraction of sp³-hybridized carbons (Fsp3) is 0.0625. The maximum atomic E-state index is 12.0. The maximum absolute atomic E-state index is 12.0. The molecule has 3 aromatic rings. The standard InChI is InChI=1S/C16H15N5O2/c1-21(11-8-6-10(7-9-11)19-15(17)18)16-20-13-5-3-2-4-12(13)14(22)23-16/h2-9H,1H3,(H4,17,18,19). The van der Waals surface area contributed by atoms with E-state index < -0.39 is 5.63 Å². The summed E-state index contributed by atoms with van der Waals surface area (Å²) in [7, 11) is 1.76. The van der Waals surface area contributed by atoms with E-state index in [2.05, 4.69) is 10.3 Å². The van der Waals surface area contributed by atoms with Crippen LogP contribution in [0.4, 0.5) is 17.4 Å². The van der Waals surface area contributed by atoms with Gasteiger partial charge in [0.2, 0.25) is 0 Å². The van der Waals surface area contributed by atoms with Gasteiger partial charge in [0.1, 0.15) is 0 Å². The maximum Gasteiger partial charge on any atom is 0.348 e. The lowest BCUT2D eigenvalue weighted by molar-refractivity contribution is 0.507. The molecule has 0 saturated heterocycles. The Kier molecular flexibility index (Phi) is 3.68. The number of benzene rings is 2. The van der Waals surface area contributed by atoms with Gasteiger partial charge >= 0.3 is 11.6 Å². The van der Waals surface area contributed by atoms with Gasteiger partial charge in [-0.15, -0.1) is 0 Å². The smallest absolute Gasteiger partial charge is 0.348 e. The minimum Gasteiger partial charge on any atom is -0.388 e. The molecule has 0 spiro atoms. The Morgan fingerprint density at radius 2 is 1.91 bits per heavy atom. The molecule has 23 heavy (non-hydrogen) atoms. The zero-order chi connectivity index (χ0) is 16.4. The van der Waals surface area contributed by atoms with Crippen molar-refractivity contribution in [3.05, 3.63) is 59.0 Å². The van der Waals surface area contributed by atoms with Crippen LogP contribution in [0, 0.1) is 5.41 Å². The number of fused-ring (bicyclic) bond motifs is 1. The van der Waals surface area contributed by atoms with Crippen molar-refractivity contribution < 1.29 is 4.42 Å². The number of hydrogen-bond donors (Lipinski definition) is 3. The molecule has 0 saturated carbocycles. The van der Waals surface area contributed by atoms with Gasteiger partial charge in [0.25, 0.3) is 0 Å². The summed E-state index contributed by atoms with van der Waals surface area (Å²) in [5.41, 5.74) is 6.92. The van der Waals surface area contributed by atoms with E-state index in [1.807, 2.05) is 18.2 Å². The Balaban J connectivity index is 1.95. The summed E-state index contributed by atoms with van der Waals surface area (Å²) in [6.07, 6.45) is 0. The van der Waals surface area contributed by atoms with Crippen molar-refractivity contribution in [3.8, 4) is 0 Å². The van der Waals surface area contributed by atoms with Gasteiger partial charge in [-0.2, -0.15) is 4.98 Å². The molecule has 7 nitrogen and oxygen atoms in total. The Labute approximate surface area is 131 Å². The molecule has 0 aliphatic carbocycles. The molecule has 0 amide bonds. The number of rotatable bonds is 3. The molecule has 0 aliphatic heterocycles.